The van der Waals surface area contributed by atoms with Gasteiger partial charge in [-0.1, -0.05) is 41.9 Å². The van der Waals surface area contributed by atoms with Gasteiger partial charge in [-0.25, -0.2) is 14.1 Å². The molecular weight excluding hydrogens is 289 g/mol. The molecule has 1 heterocycles. The maximum absolute atomic E-state index is 13.1. The lowest BCUT2D eigenvalue weighted by Gasteiger charge is -2.10. The topological polar surface area (TPSA) is 30.7 Å². The van der Waals surface area contributed by atoms with Gasteiger partial charge in [-0.3, -0.25) is 0 Å². The fourth-order valence-electron chi connectivity index (χ4n) is 2.02. The third-order valence-electron chi connectivity index (χ3n) is 3.02. The van der Waals surface area contributed by atoms with Gasteiger partial charge in [-0.2, -0.15) is 5.10 Å². The summed E-state index contributed by atoms with van der Waals surface area (Å²) in [6.07, 6.45) is 4.84. The van der Waals surface area contributed by atoms with Crippen LogP contribution in [0.5, 0.6) is 0 Å². The van der Waals surface area contributed by atoms with Crippen molar-refractivity contribution in [1.29, 1.82) is 0 Å². The predicted octanol–water partition coefficient (Wildman–Crippen LogP) is 4.12. The Morgan fingerprint density at radius 1 is 1.10 bits per heavy atom. The predicted molar refractivity (Wildman–Crippen MR) is 81.1 cm³/mol. The lowest BCUT2D eigenvalue weighted by atomic mass is 9.99. The maximum Gasteiger partial charge on any atom is 0.138 e. The van der Waals surface area contributed by atoms with Crippen LogP contribution in [0.1, 0.15) is 11.1 Å². The van der Waals surface area contributed by atoms with E-state index in [1.807, 2.05) is 24.3 Å². The monoisotopic (exact) mass is 299 g/mol. The maximum atomic E-state index is 13.1. The standard InChI is InChI=1S/C16H11ClFN3/c17-16-4-2-1-3-14(16)15(9-21-11-19-10-20-21)12-5-7-13(18)8-6-12/h1-11H. The number of aromatic nitrogens is 3. The lowest BCUT2D eigenvalue weighted by Crippen LogP contribution is -1.94. The highest BCUT2D eigenvalue weighted by atomic mass is 35.5. The van der Waals surface area contributed by atoms with Crippen LogP contribution in [0.15, 0.2) is 61.2 Å². The minimum absolute atomic E-state index is 0.280. The van der Waals surface area contributed by atoms with Crippen LogP contribution < -0.4 is 0 Å². The summed E-state index contributed by atoms with van der Waals surface area (Å²) in [6, 6.07) is 13.7. The number of rotatable bonds is 3. The Bertz CT molecular complexity index is 764. The molecule has 3 nitrogen and oxygen atoms in total. The summed E-state index contributed by atoms with van der Waals surface area (Å²) in [6.45, 7) is 0. The Kier molecular flexibility index (Phi) is 3.79. The van der Waals surface area contributed by atoms with Crippen molar-refractivity contribution in [2.24, 2.45) is 0 Å². The number of hydrogen-bond acceptors (Lipinski definition) is 2. The summed E-state index contributed by atoms with van der Waals surface area (Å²) in [5, 5.41) is 4.68. The van der Waals surface area contributed by atoms with Crippen LogP contribution in [0.2, 0.25) is 5.02 Å². The zero-order valence-corrected chi connectivity index (χ0v) is 11.7. The highest BCUT2D eigenvalue weighted by molar-refractivity contribution is 6.32. The first-order chi connectivity index (χ1) is 10.2. The van der Waals surface area contributed by atoms with E-state index in [2.05, 4.69) is 10.1 Å². The SMILES string of the molecule is Fc1ccc(C(=Cn2cncn2)c2ccccc2Cl)cc1. The van der Waals surface area contributed by atoms with Gasteiger partial charge in [-0.05, 0) is 23.8 Å². The zero-order chi connectivity index (χ0) is 14.7. The fourth-order valence-corrected chi connectivity index (χ4v) is 2.26. The molecule has 0 radical (unpaired) electrons. The van der Waals surface area contributed by atoms with Gasteiger partial charge in [0.1, 0.15) is 18.5 Å². The summed E-state index contributed by atoms with van der Waals surface area (Å²) >= 11 is 6.28. The van der Waals surface area contributed by atoms with E-state index in [0.29, 0.717) is 5.02 Å². The van der Waals surface area contributed by atoms with Gasteiger partial charge in [0.25, 0.3) is 0 Å². The lowest BCUT2D eigenvalue weighted by molar-refractivity contribution is 0.627. The van der Waals surface area contributed by atoms with Crippen LogP contribution in [0, 0.1) is 5.82 Å². The van der Waals surface area contributed by atoms with Gasteiger partial charge in [0.05, 0.1) is 0 Å². The summed E-state index contributed by atoms with van der Waals surface area (Å²) in [5.74, 6) is -0.280. The summed E-state index contributed by atoms with van der Waals surface area (Å²) in [7, 11) is 0. The minimum Gasteiger partial charge on any atom is -0.228 e. The molecule has 0 fully saturated rings. The molecule has 0 amide bonds. The Morgan fingerprint density at radius 3 is 2.52 bits per heavy atom. The van der Waals surface area contributed by atoms with Gasteiger partial charge in [0.15, 0.2) is 0 Å². The fraction of sp³-hybridized carbons (Fsp3) is 0. The van der Waals surface area contributed by atoms with E-state index in [0.717, 1.165) is 16.7 Å². The summed E-state index contributed by atoms with van der Waals surface area (Å²) < 4.78 is 14.7. The molecule has 5 heteroatoms. The van der Waals surface area contributed by atoms with Crippen LogP contribution in [0.4, 0.5) is 4.39 Å². The Morgan fingerprint density at radius 2 is 1.86 bits per heavy atom. The van der Waals surface area contributed by atoms with Crippen molar-refractivity contribution >= 4 is 23.4 Å². The summed E-state index contributed by atoms with van der Waals surface area (Å²) in [5.41, 5.74) is 2.53. The van der Waals surface area contributed by atoms with Crippen molar-refractivity contribution in [2.75, 3.05) is 0 Å². The van der Waals surface area contributed by atoms with Crippen molar-refractivity contribution in [1.82, 2.24) is 14.8 Å². The normalized spacial score (nSPS) is 11.6. The van der Waals surface area contributed by atoms with Gasteiger partial charge in [0.2, 0.25) is 0 Å². The van der Waals surface area contributed by atoms with Crippen LogP contribution >= 0.6 is 11.6 Å². The van der Waals surface area contributed by atoms with Crippen molar-refractivity contribution < 1.29 is 4.39 Å². The van der Waals surface area contributed by atoms with Gasteiger partial charge in [-0.15, -0.1) is 0 Å². The van der Waals surface area contributed by atoms with Crippen molar-refractivity contribution in [3.63, 3.8) is 0 Å². The van der Waals surface area contributed by atoms with Gasteiger partial charge in [0, 0.05) is 22.4 Å². The molecule has 21 heavy (non-hydrogen) atoms. The first-order valence-corrected chi connectivity index (χ1v) is 6.68. The first kappa shape index (κ1) is 13.5. The highest BCUT2D eigenvalue weighted by Crippen LogP contribution is 2.29. The molecule has 3 aromatic rings. The van der Waals surface area contributed by atoms with Gasteiger partial charge >= 0.3 is 0 Å². The van der Waals surface area contributed by atoms with E-state index in [9.17, 15) is 4.39 Å². The van der Waals surface area contributed by atoms with Gasteiger partial charge < -0.3 is 0 Å². The number of benzene rings is 2. The smallest absolute Gasteiger partial charge is 0.138 e. The molecule has 0 atom stereocenters. The minimum atomic E-state index is -0.280. The van der Waals surface area contributed by atoms with Crippen molar-refractivity contribution in [3.8, 4) is 0 Å². The van der Waals surface area contributed by atoms with E-state index < -0.39 is 0 Å². The molecule has 0 saturated heterocycles. The van der Waals surface area contributed by atoms with E-state index in [-0.39, 0.29) is 5.82 Å². The molecule has 0 N–H and O–H groups in total. The molecule has 1 aromatic heterocycles. The quantitative estimate of drug-likeness (QED) is 0.728. The largest absolute Gasteiger partial charge is 0.228 e. The van der Waals surface area contributed by atoms with E-state index in [4.69, 9.17) is 11.6 Å². The van der Waals surface area contributed by atoms with Crippen LogP contribution in [0.25, 0.3) is 11.8 Å². The molecule has 104 valence electrons. The third kappa shape index (κ3) is 3.01. The Hall–Kier alpha value is -2.46. The molecule has 0 bridgehead atoms. The zero-order valence-electron chi connectivity index (χ0n) is 10.9. The Labute approximate surface area is 126 Å². The second kappa shape index (κ2) is 5.89. The van der Waals surface area contributed by atoms with Crippen molar-refractivity contribution in [2.45, 2.75) is 0 Å². The average molecular weight is 300 g/mol. The van der Waals surface area contributed by atoms with Crippen LogP contribution in [-0.2, 0) is 0 Å². The molecule has 0 aliphatic rings. The third-order valence-corrected chi connectivity index (χ3v) is 3.35. The molecular formula is C16H11ClFN3. The van der Waals surface area contributed by atoms with Crippen LogP contribution in [-0.4, -0.2) is 14.8 Å². The molecule has 0 unspecified atom stereocenters. The van der Waals surface area contributed by atoms with E-state index in [1.165, 1.54) is 18.5 Å². The Balaban J connectivity index is 2.16. The highest BCUT2D eigenvalue weighted by Gasteiger charge is 2.09. The molecule has 0 aliphatic carbocycles. The second-order valence-corrected chi connectivity index (χ2v) is 4.81. The van der Waals surface area contributed by atoms with E-state index in [1.54, 1.807) is 29.3 Å². The van der Waals surface area contributed by atoms with E-state index >= 15 is 0 Å². The number of nitrogens with zero attached hydrogens (tertiary/aromatic N) is 3. The summed E-state index contributed by atoms with van der Waals surface area (Å²) in [4.78, 5) is 3.91. The number of halogens is 2. The second-order valence-electron chi connectivity index (χ2n) is 4.41. The molecule has 0 aliphatic heterocycles. The molecule has 0 saturated carbocycles. The molecule has 3 rings (SSSR count). The molecule has 2 aromatic carbocycles. The average Bonchev–Trinajstić information content (AvgIpc) is 3.00. The number of hydrogen-bond donors (Lipinski definition) is 0. The van der Waals surface area contributed by atoms with Crippen LogP contribution in [0.3, 0.4) is 0 Å². The van der Waals surface area contributed by atoms with Crippen molar-refractivity contribution in [3.05, 3.63) is 83.2 Å². The molecule has 0 spiro atoms. The first-order valence-electron chi connectivity index (χ1n) is 6.31.